The molecule has 0 aliphatic rings. The van der Waals surface area contributed by atoms with Crippen LogP contribution < -0.4 is 10.1 Å². The predicted molar refractivity (Wildman–Crippen MR) is 97.8 cm³/mol. The first kappa shape index (κ1) is 16.4. The van der Waals surface area contributed by atoms with E-state index in [1.165, 1.54) is 11.3 Å². The Balaban J connectivity index is 1.80. The number of hydrogen-bond acceptors (Lipinski definition) is 6. The quantitative estimate of drug-likeness (QED) is 0.608. The van der Waals surface area contributed by atoms with Crippen molar-refractivity contribution in [3.63, 3.8) is 0 Å². The van der Waals surface area contributed by atoms with Gasteiger partial charge in [0.05, 0.1) is 11.8 Å². The zero-order chi connectivity index (χ0) is 16.8. The number of para-hydroxylation sites is 1. The van der Waals surface area contributed by atoms with E-state index in [0.717, 1.165) is 21.0 Å². The van der Waals surface area contributed by atoms with E-state index in [1.54, 1.807) is 6.20 Å². The number of nitriles is 1. The van der Waals surface area contributed by atoms with Crippen molar-refractivity contribution in [1.82, 2.24) is 9.97 Å². The van der Waals surface area contributed by atoms with Gasteiger partial charge in [-0.3, -0.25) is 0 Å². The van der Waals surface area contributed by atoms with E-state index in [2.05, 4.69) is 37.3 Å². The van der Waals surface area contributed by atoms with Gasteiger partial charge < -0.3 is 10.1 Å². The van der Waals surface area contributed by atoms with E-state index < -0.39 is 0 Å². The summed E-state index contributed by atoms with van der Waals surface area (Å²) in [7, 11) is 0. The molecule has 0 aliphatic heterocycles. The van der Waals surface area contributed by atoms with E-state index in [1.807, 2.05) is 41.8 Å². The highest BCUT2D eigenvalue weighted by Gasteiger charge is 2.10. The Labute approximate surface area is 152 Å². The molecule has 1 aromatic carbocycles. The van der Waals surface area contributed by atoms with Crippen molar-refractivity contribution < 1.29 is 4.74 Å². The van der Waals surface area contributed by atoms with Crippen LogP contribution in [0, 0.1) is 11.3 Å². The van der Waals surface area contributed by atoms with Gasteiger partial charge in [0.25, 0.3) is 0 Å². The average molecular weight is 401 g/mol. The number of ether oxygens (including phenoxy) is 1. The van der Waals surface area contributed by atoms with Crippen molar-refractivity contribution in [2.75, 3.05) is 5.32 Å². The van der Waals surface area contributed by atoms with Crippen LogP contribution in [-0.2, 0) is 6.42 Å². The molecule has 0 atom stereocenters. The minimum Gasteiger partial charge on any atom is -0.453 e. The van der Waals surface area contributed by atoms with Gasteiger partial charge in [-0.1, -0.05) is 18.2 Å². The summed E-state index contributed by atoms with van der Waals surface area (Å²) >= 11 is 4.89. The highest BCUT2D eigenvalue weighted by atomic mass is 79.9. The monoisotopic (exact) mass is 400 g/mol. The molecular formula is C17H13BrN4OS. The summed E-state index contributed by atoms with van der Waals surface area (Å²) < 4.78 is 6.74. The maximum atomic E-state index is 8.65. The molecule has 0 spiro atoms. The first-order valence-electron chi connectivity index (χ1n) is 7.21. The van der Waals surface area contributed by atoms with Crippen molar-refractivity contribution in [3.8, 4) is 17.6 Å². The van der Waals surface area contributed by atoms with Gasteiger partial charge in [-0.15, -0.1) is 11.3 Å². The maximum Gasteiger partial charge on any atom is 0.188 e. The number of thiazole rings is 1. The highest BCUT2D eigenvalue weighted by molar-refractivity contribution is 9.10. The van der Waals surface area contributed by atoms with Gasteiger partial charge in [0.2, 0.25) is 0 Å². The minimum atomic E-state index is 0.460. The van der Waals surface area contributed by atoms with Crippen LogP contribution in [-0.4, -0.2) is 9.97 Å². The topological polar surface area (TPSA) is 70.8 Å². The molecule has 0 fully saturated rings. The minimum absolute atomic E-state index is 0.460. The number of aromatic nitrogens is 2. The first-order chi connectivity index (χ1) is 11.7. The molecule has 1 N–H and O–H groups in total. The lowest BCUT2D eigenvalue weighted by Gasteiger charge is -2.11. The van der Waals surface area contributed by atoms with Gasteiger partial charge in [-0.2, -0.15) is 5.26 Å². The largest absolute Gasteiger partial charge is 0.453 e. The molecule has 0 radical (unpaired) electrons. The molecule has 5 nitrogen and oxygen atoms in total. The normalized spacial score (nSPS) is 10.2. The number of halogens is 1. The number of benzene rings is 1. The molecule has 0 aliphatic carbocycles. The standard InChI is InChI=1S/C17H13BrN4OS/c18-12-9-15(23-14-6-2-1-3-7-14)16(20-10-12)22-17-21-13(11-24-17)5-4-8-19/h1-3,6-7,9-11H,4-5H2,(H,20,21,22). The number of pyridine rings is 1. The lowest BCUT2D eigenvalue weighted by molar-refractivity contribution is 0.482. The molecule has 2 aromatic heterocycles. The van der Waals surface area contributed by atoms with Crippen LogP contribution >= 0.6 is 27.3 Å². The molecule has 24 heavy (non-hydrogen) atoms. The molecule has 0 bridgehead atoms. The van der Waals surface area contributed by atoms with Crippen molar-refractivity contribution in [3.05, 3.63) is 58.1 Å². The van der Waals surface area contributed by atoms with Crippen LogP contribution in [0.3, 0.4) is 0 Å². The molecule has 2 heterocycles. The second-order valence-electron chi connectivity index (χ2n) is 4.84. The number of aryl methyl sites for hydroxylation is 1. The second-order valence-corrected chi connectivity index (χ2v) is 6.62. The van der Waals surface area contributed by atoms with Crippen molar-refractivity contribution in [1.29, 1.82) is 5.26 Å². The maximum absolute atomic E-state index is 8.65. The van der Waals surface area contributed by atoms with Crippen molar-refractivity contribution in [2.45, 2.75) is 12.8 Å². The molecule has 3 rings (SSSR count). The van der Waals surface area contributed by atoms with Crippen LogP contribution in [0.1, 0.15) is 12.1 Å². The summed E-state index contributed by atoms with van der Waals surface area (Å²) in [4.78, 5) is 8.84. The Hall–Kier alpha value is -2.43. The Morgan fingerprint density at radius 2 is 2.12 bits per heavy atom. The third-order valence-corrected chi connectivity index (χ3v) is 4.30. The van der Waals surface area contributed by atoms with Gasteiger partial charge in [0.1, 0.15) is 5.75 Å². The fourth-order valence-electron chi connectivity index (χ4n) is 1.97. The van der Waals surface area contributed by atoms with E-state index >= 15 is 0 Å². The van der Waals surface area contributed by atoms with Crippen molar-refractivity contribution >= 4 is 38.2 Å². The van der Waals surface area contributed by atoms with Crippen LogP contribution in [0.5, 0.6) is 11.5 Å². The first-order valence-corrected chi connectivity index (χ1v) is 8.88. The Morgan fingerprint density at radius 3 is 2.92 bits per heavy atom. The van der Waals surface area contributed by atoms with E-state index in [9.17, 15) is 0 Å². The number of anilines is 2. The van der Waals surface area contributed by atoms with Gasteiger partial charge in [-0.25, -0.2) is 9.97 Å². The summed E-state index contributed by atoms with van der Waals surface area (Å²) in [6, 6.07) is 13.5. The van der Waals surface area contributed by atoms with Gasteiger partial charge in [0.15, 0.2) is 16.7 Å². The number of nitrogens with zero attached hydrogens (tertiary/aromatic N) is 3. The van der Waals surface area contributed by atoms with Crippen LogP contribution in [0.4, 0.5) is 10.9 Å². The summed E-state index contributed by atoms with van der Waals surface area (Å²) in [5.41, 5.74) is 0.895. The predicted octanol–water partition coefficient (Wildman–Crippen LogP) is 5.29. The average Bonchev–Trinajstić information content (AvgIpc) is 3.04. The lowest BCUT2D eigenvalue weighted by Crippen LogP contribution is -1.97. The summed E-state index contributed by atoms with van der Waals surface area (Å²) in [6.45, 7) is 0. The van der Waals surface area contributed by atoms with Crippen LogP contribution in [0.15, 0.2) is 52.4 Å². The number of rotatable bonds is 6. The van der Waals surface area contributed by atoms with Gasteiger partial charge >= 0.3 is 0 Å². The fourth-order valence-corrected chi connectivity index (χ4v) is 3.03. The second kappa shape index (κ2) is 7.90. The van der Waals surface area contributed by atoms with E-state index in [-0.39, 0.29) is 0 Å². The summed E-state index contributed by atoms with van der Waals surface area (Å²) in [6.07, 6.45) is 2.81. The van der Waals surface area contributed by atoms with Crippen molar-refractivity contribution in [2.24, 2.45) is 0 Å². The molecule has 120 valence electrons. The van der Waals surface area contributed by atoms with Gasteiger partial charge in [-0.05, 0) is 28.1 Å². The molecular weight excluding hydrogens is 388 g/mol. The van der Waals surface area contributed by atoms with E-state index in [4.69, 9.17) is 10.00 Å². The third-order valence-electron chi connectivity index (χ3n) is 3.06. The highest BCUT2D eigenvalue weighted by Crippen LogP contribution is 2.33. The third kappa shape index (κ3) is 4.31. The van der Waals surface area contributed by atoms with Crippen LogP contribution in [0.25, 0.3) is 0 Å². The van der Waals surface area contributed by atoms with Gasteiger partial charge in [0, 0.05) is 35.0 Å². The molecule has 3 aromatic rings. The van der Waals surface area contributed by atoms with Crippen LogP contribution in [0.2, 0.25) is 0 Å². The summed E-state index contributed by atoms with van der Waals surface area (Å²) in [5.74, 6) is 1.92. The SMILES string of the molecule is N#CCCc1csc(Nc2ncc(Br)cc2Oc2ccccc2)n1. The molecule has 0 unspecified atom stereocenters. The molecule has 0 amide bonds. The smallest absolute Gasteiger partial charge is 0.188 e. The Morgan fingerprint density at radius 1 is 1.29 bits per heavy atom. The Bertz CT molecular complexity index is 861. The molecule has 0 saturated carbocycles. The zero-order valence-electron chi connectivity index (χ0n) is 12.6. The summed E-state index contributed by atoms with van der Waals surface area (Å²) in [5, 5.41) is 14.5. The molecule has 0 saturated heterocycles. The Kier molecular flexibility index (Phi) is 5.41. The molecule has 7 heteroatoms. The zero-order valence-corrected chi connectivity index (χ0v) is 15.0. The lowest BCUT2D eigenvalue weighted by atomic mass is 10.3. The van der Waals surface area contributed by atoms with E-state index in [0.29, 0.717) is 24.4 Å². The fraction of sp³-hybridized carbons (Fsp3) is 0.118. The number of nitrogens with one attached hydrogen (secondary N) is 1. The number of hydrogen-bond donors (Lipinski definition) is 1.